The molecule has 2 aromatic heterocycles. The van der Waals surface area contributed by atoms with Gasteiger partial charge < -0.3 is 15.2 Å². The molecule has 3 aromatic rings. The standard InChI is InChI=1S/C18H16N4O3/c1-9(11-3-4-15-12(5-11)7-16(23)21-15)20-17(24)13-6-14-10(2)22-25-18(14)19-8-13/h3-6,8-9H,7H2,1-2H3,(H,20,24)(H,21,23). The lowest BCUT2D eigenvalue weighted by atomic mass is 10.0. The minimum Gasteiger partial charge on any atom is -0.345 e. The minimum absolute atomic E-state index is 0.00712. The second-order valence-electron chi connectivity index (χ2n) is 6.18. The first-order valence-corrected chi connectivity index (χ1v) is 7.97. The van der Waals surface area contributed by atoms with Crippen molar-refractivity contribution >= 4 is 28.6 Å². The topological polar surface area (TPSA) is 97.1 Å². The third-order valence-corrected chi connectivity index (χ3v) is 4.37. The van der Waals surface area contributed by atoms with Gasteiger partial charge in [-0.05, 0) is 37.1 Å². The number of nitrogens with zero attached hydrogens (tertiary/aromatic N) is 2. The molecule has 0 fully saturated rings. The summed E-state index contributed by atoms with van der Waals surface area (Å²) >= 11 is 0. The Morgan fingerprint density at radius 1 is 1.36 bits per heavy atom. The van der Waals surface area contributed by atoms with Gasteiger partial charge in [0.1, 0.15) is 0 Å². The highest BCUT2D eigenvalue weighted by atomic mass is 16.5. The summed E-state index contributed by atoms with van der Waals surface area (Å²) in [6, 6.07) is 7.24. The van der Waals surface area contributed by atoms with Gasteiger partial charge in [0.05, 0.1) is 29.1 Å². The van der Waals surface area contributed by atoms with Crippen molar-refractivity contribution in [2.75, 3.05) is 5.32 Å². The van der Waals surface area contributed by atoms with Crippen LogP contribution in [0.1, 0.15) is 40.1 Å². The molecular formula is C18H16N4O3. The first-order chi connectivity index (χ1) is 12.0. The fourth-order valence-electron chi connectivity index (χ4n) is 2.95. The molecule has 0 aliphatic carbocycles. The third-order valence-electron chi connectivity index (χ3n) is 4.37. The van der Waals surface area contributed by atoms with Crippen molar-refractivity contribution in [1.29, 1.82) is 0 Å². The van der Waals surface area contributed by atoms with Crippen LogP contribution in [0.15, 0.2) is 35.0 Å². The zero-order valence-electron chi connectivity index (χ0n) is 13.8. The van der Waals surface area contributed by atoms with Gasteiger partial charge in [0.2, 0.25) is 5.91 Å². The molecule has 0 bridgehead atoms. The van der Waals surface area contributed by atoms with Gasteiger partial charge in [-0.15, -0.1) is 0 Å². The highest BCUT2D eigenvalue weighted by Gasteiger charge is 2.20. The summed E-state index contributed by atoms with van der Waals surface area (Å²) in [5.74, 6) is -0.232. The molecule has 2 amide bonds. The van der Waals surface area contributed by atoms with Crippen LogP contribution in [0.3, 0.4) is 0 Å². The summed E-state index contributed by atoms with van der Waals surface area (Å²) in [5, 5.41) is 10.3. The van der Waals surface area contributed by atoms with Crippen LogP contribution in [-0.4, -0.2) is 22.0 Å². The number of fused-ring (bicyclic) bond motifs is 2. The molecule has 7 nitrogen and oxygen atoms in total. The summed E-state index contributed by atoms with van der Waals surface area (Å²) in [7, 11) is 0. The Morgan fingerprint density at radius 2 is 2.20 bits per heavy atom. The predicted octanol–water partition coefficient (Wildman–Crippen LogP) is 2.52. The van der Waals surface area contributed by atoms with Gasteiger partial charge >= 0.3 is 0 Å². The molecule has 1 atom stereocenters. The number of rotatable bonds is 3. The van der Waals surface area contributed by atoms with Crippen LogP contribution in [0.2, 0.25) is 0 Å². The van der Waals surface area contributed by atoms with Crippen LogP contribution in [0.4, 0.5) is 5.69 Å². The average molecular weight is 336 g/mol. The van der Waals surface area contributed by atoms with Crippen molar-refractivity contribution in [3.63, 3.8) is 0 Å². The van der Waals surface area contributed by atoms with E-state index in [2.05, 4.69) is 20.8 Å². The number of hydrogen-bond donors (Lipinski definition) is 2. The van der Waals surface area contributed by atoms with Gasteiger partial charge in [-0.25, -0.2) is 4.98 Å². The molecule has 2 N–H and O–H groups in total. The van der Waals surface area contributed by atoms with Crippen LogP contribution in [0.25, 0.3) is 11.1 Å². The lowest BCUT2D eigenvalue weighted by Crippen LogP contribution is -2.26. The van der Waals surface area contributed by atoms with E-state index in [9.17, 15) is 9.59 Å². The Labute approximate surface area is 143 Å². The maximum atomic E-state index is 12.5. The van der Waals surface area contributed by atoms with E-state index >= 15 is 0 Å². The molecule has 0 spiro atoms. The number of aromatic nitrogens is 2. The van der Waals surface area contributed by atoms with Gasteiger partial charge in [0, 0.05) is 11.9 Å². The number of carbonyl (C=O) groups excluding carboxylic acids is 2. The molecule has 0 radical (unpaired) electrons. The highest BCUT2D eigenvalue weighted by Crippen LogP contribution is 2.26. The zero-order chi connectivity index (χ0) is 17.6. The van der Waals surface area contributed by atoms with Crippen molar-refractivity contribution in [2.45, 2.75) is 26.3 Å². The van der Waals surface area contributed by atoms with E-state index in [0.717, 1.165) is 22.2 Å². The number of anilines is 1. The van der Waals surface area contributed by atoms with E-state index in [0.29, 0.717) is 23.4 Å². The van der Waals surface area contributed by atoms with Crippen LogP contribution in [0.5, 0.6) is 0 Å². The summed E-state index contributed by atoms with van der Waals surface area (Å²) in [6.07, 6.45) is 1.84. The number of benzene rings is 1. The lowest BCUT2D eigenvalue weighted by Gasteiger charge is -2.15. The van der Waals surface area contributed by atoms with Crippen LogP contribution >= 0.6 is 0 Å². The summed E-state index contributed by atoms with van der Waals surface area (Å²) in [4.78, 5) is 28.1. The predicted molar refractivity (Wildman–Crippen MR) is 91.2 cm³/mol. The van der Waals surface area contributed by atoms with Gasteiger partial charge in [-0.3, -0.25) is 9.59 Å². The van der Waals surface area contributed by atoms with E-state index in [1.165, 1.54) is 6.20 Å². The largest absolute Gasteiger partial charge is 0.345 e. The fourth-order valence-corrected chi connectivity index (χ4v) is 2.95. The van der Waals surface area contributed by atoms with E-state index in [4.69, 9.17) is 4.52 Å². The van der Waals surface area contributed by atoms with E-state index < -0.39 is 0 Å². The molecule has 1 aromatic carbocycles. The normalized spacial score (nSPS) is 14.2. The maximum absolute atomic E-state index is 12.5. The Balaban J connectivity index is 1.54. The molecule has 25 heavy (non-hydrogen) atoms. The molecule has 1 unspecified atom stereocenters. The quantitative estimate of drug-likeness (QED) is 0.766. The summed E-state index contributed by atoms with van der Waals surface area (Å²) in [6.45, 7) is 3.71. The van der Waals surface area contributed by atoms with E-state index in [1.807, 2.05) is 25.1 Å². The Kier molecular flexibility index (Phi) is 3.49. The number of amides is 2. The second kappa shape index (κ2) is 5.70. The monoisotopic (exact) mass is 336 g/mol. The lowest BCUT2D eigenvalue weighted by molar-refractivity contribution is -0.115. The van der Waals surface area contributed by atoms with Crippen molar-refractivity contribution in [2.24, 2.45) is 0 Å². The van der Waals surface area contributed by atoms with Crippen molar-refractivity contribution in [1.82, 2.24) is 15.5 Å². The number of hydrogen-bond acceptors (Lipinski definition) is 5. The maximum Gasteiger partial charge on any atom is 0.257 e. The minimum atomic E-state index is -0.225. The summed E-state index contributed by atoms with van der Waals surface area (Å²) < 4.78 is 5.06. The fraction of sp³-hybridized carbons (Fsp3) is 0.222. The first kappa shape index (κ1) is 15.3. The molecule has 0 saturated carbocycles. The zero-order valence-corrected chi connectivity index (χ0v) is 13.8. The van der Waals surface area contributed by atoms with Crippen molar-refractivity contribution < 1.29 is 14.1 Å². The first-order valence-electron chi connectivity index (χ1n) is 7.97. The second-order valence-corrected chi connectivity index (χ2v) is 6.18. The molecule has 1 aliphatic heterocycles. The number of carbonyl (C=O) groups is 2. The van der Waals surface area contributed by atoms with E-state index in [1.54, 1.807) is 13.0 Å². The summed E-state index contributed by atoms with van der Waals surface area (Å²) in [5.41, 5.74) is 4.29. The smallest absolute Gasteiger partial charge is 0.257 e. The molecule has 3 heterocycles. The average Bonchev–Trinajstić information content (AvgIpc) is 3.15. The number of nitrogens with one attached hydrogen (secondary N) is 2. The molecule has 126 valence electrons. The van der Waals surface area contributed by atoms with Gasteiger partial charge in [-0.1, -0.05) is 17.3 Å². The van der Waals surface area contributed by atoms with Crippen molar-refractivity contribution in [3.05, 3.63) is 52.8 Å². The van der Waals surface area contributed by atoms with Crippen molar-refractivity contribution in [3.8, 4) is 0 Å². The Bertz CT molecular complexity index is 1010. The third kappa shape index (κ3) is 2.73. The molecular weight excluding hydrogens is 320 g/mol. The van der Waals surface area contributed by atoms with Crippen LogP contribution in [-0.2, 0) is 11.2 Å². The Morgan fingerprint density at radius 3 is 3.04 bits per heavy atom. The molecule has 7 heteroatoms. The number of pyridine rings is 1. The van der Waals surface area contributed by atoms with Crippen LogP contribution < -0.4 is 10.6 Å². The van der Waals surface area contributed by atoms with Crippen LogP contribution in [0, 0.1) is 6.92 Å². The number of aryl methyl sites for hydroxylation is 1. The van der Waals surface area contributed by atoms with Gasteiger partial charge in [-0.2, -0.15) is 0 Å². The van der Waals surface area contributed by atoms with E-state index in [-0.39, 0.29) is 17.9 Å². The molecule has 4 rings (SSSR count). The SMILES string of the molecule is Cc1noc2ncc(C(=O)NC(C)c3ccc4c(c3)CC(=O)N4)cc12. The molecule has 0 saturated heterocycles. The Hall–Kier alpha value is -3.22. The highest BCUT2D eigenvalue weighted by molar-refractivity contribution is 5.99. The van der Waals surface area contributed by atoms with Gasteiger partial charge in [0.15, 0.2) is 0 Å². The van der Waals surface area contributed by atoms with Gasteiger partial charge in [0.25, 0.3) is 11.6 Å². The molecule has 1 aliphatic rings.